The molecule has 0 aliphatic heterocycles. The molecule has 134 valence electrons. The van der Waals surface area contributed by atoms with E-state index in [0.29, 0.717) is 13.0 Å². The van der Waals surface area contributed by atoms with Crippen LogP contribution in [0.25, 0.3) is 10.8 Å². The van der Waals surface area contributed by atoms with Crippen LogP contribution in [0.2, 0.25) is 0 Å². The summed E-state index contributed by atoms with van der Waals surface area (Å²) in [7, 11) is 0. The first-order valence-corrected chi connectivity index (χ1v) is 9.01. The van der Waals surface area contributed by atoms with E-state index in [-0.39, 0.29) is 12.5 Å². The van der Waals surface area contributed by atoms with E-state index in [1.54, 1.807) is 23.4 Å². The molecule has 2 aromatic carbocycles. The standard InChI is InChI=1S/C22H24N2O2/c1-2-22(26)24(16-21(25)20-8-5-12-23-15-20)13-11-17-9-10-18-6-3-4-7-19(18)14-17/h3-10,12,14-15,21,25H,2,11,13,16H2,1H3. The van der Waals surface area contributed by atoms with Crippen molar-refractivity contribution in [2.45, 2.75) is 25.9 Å². The van der Waals surface area contributed by atoms with E-state index in [0.717, 1.165) is 12.0 Å². The quantitative estimate of drug-likeness (QED) is 0.707. The van der Waals surface area contributed by atoms with Gasteiger partial charge in [0.2, 0.25) is 5.91 Å². The second-order valence-electron chi connectivity index (χ2n) is 6.43. The Morgan fingerprint density at radius 2 is 1.92 bits per heavy atom. The van der Waals surface area contributed by atoms with Gasteiger partial charge < -0.3 is 10.0 Å². The first kappa shape index (κ1) is 18.1. The third-order valence-electron chi connectivity index (χ3n) is 4.60. The van der Waals surface area contributed by atoms with E-state index in [9.17, 15) is 9.90 Å². The van der Waals surface area contributed by atoms with E-state index >= 15 is 0 Å². The zero-order valence-corrected chi connectivity index (χ0v) is 15.0. The van der Waals surface area contributed by atoms with Crippen molar-refractivity contribution in [2.24, 2.45) is 0 Å². The first-order chi connectivity index (χ1) is 12.7. The summed E-state index contributed by atoms with van der Waals surface area (Å²) in [4.78, 5) is 18.1. The third kappa shape index (κ3) is 4.46. The molecule has 4 nitrogen and oxygen atoms in total. The Morgan fingerprint density at radius 3 is 2.65 bits per heavy atom. The molecule has 0 aliphatic carbocycles. The van der Waals surface area contributed by atoms with Crippen LogP contribution in [0.4, 0.5) is 0 Å². The highest BCUT2D eigenvalue weighted by Gasteiger charge is 2.17. The average Bonchev–Trinajstić information content (AvgIpc) is 2.70. The van der Waals surface area contributed by atoms with Crippen LogP contribution in [0, 0.1) is 0 Å². The molecule has 0 saturated carbocycles. The molecule has 0 spiro atoms. The van der Waals surface area contributed by atoms with Crippen molar-refractivity contribution >= 4 is 16.7 Å². The van der Waals surface area contributed by atoms with Crippen molar-refractivity contribution in [3.8, 4) is 0 Å². The van der Waals surface area contributed by atoms with Gasteiger partial charge in [0, 0.05) is 30.9 Å². The minimum atomic E-state index is -0.726. The Morgan fingerprint density at radius 1 is 1.12 bits per heavy atom. The van der Waals surface area contributed by atoms with Crippen molar-refractivity contribution in [1.82, 2.24) is 9.88 Å². The predicted molar refractivity (Wildman–Crippen MR) is 104 cm³/mol. The molecule has 1 heterocycles. The van der Waals surface area contributed by atoms with Gasteiger partial charge in [-0.15, -0.1) is 0 Å². The molecular formula is C22H24N2O2. The van der Waals surface area contributed by atoms with Crippen LogP contribution >= 0.6 is 0 Å². The summed E-state index contributed by atoms with van der Waals surface area (Å²) in [5, 5.41) is 12.9. The van der Waals surface area contributed by atoms with E-state index in [4.69, 9.17) is 0 Å². The Labute approximate surface area is 154 Å². The molecule has 1 amide bonds. The number of nitrogens with zero attached hydrogens (tertiary/aromatic N) is 2. The summed E-state index contributed by atoms with van der Waals surface area (Å²) in [5.74, 6) is 0.0497. The van der Waals surface area contributed by atoms with Crippen molar-refractivity contribution in [3.63, 3.8) is 0 Å². The van der Waals surface area contributed by atoms with E-state index in [2.05, 4.69) is 35.3 Å². The van der Waals surface area contributed by atoms with Gasteiger partial charge in [0.15, 0.2) is 0 Å². The molecule has 26 heavy (non-hydrogen) atoms. The topological polar surface area (TPSA) is 53.4 Å². The number of carbonyl (C=O) groups excluding carboxylic acids is 1. The number of rotatable bonds is 7. The molecule has 3 aromatic rings. The highest BCUT2D eigenvalue weighted by Crippen LogP contribution is 2.17. The van der Waals surface area contributed by atoms with Crippen molar-refractivity contribution in [3.05, 3.63) is 78.1 Å². The Bertz CT molecular complexity index is 864. The molecule has 0 aliphatic rings. The summed E-state index contributed by atoms with van der Waals surface area (Å²) in [6.45, 7) is 2.72. The van der Waals surface area contributed by atoms with E-state index in [1.165, 1.54) is 16.3 Å². The molecule has 0 bridgehead atoms. The lowest BCUT2D eigenvalue weighted by atomic mass is 10.0. The van der Waals surface area contributed by atoms with Crippen molar-refractivity contribution in [1.29, 1.82) is 0 Å². The summed E-state index contributed by atoms with van der Waals surface area (Å²) in [5.41, 5.74) is 1.92. The second kappa shape index (κ2) is 8.59. The normalized spacial score (nSPS) is 12.1. The fourth-order valence-corrected chi connectivity index (χ4v) is 3.09. The fraction of sp³-hybridized carbons (Fsp3) is 0.273. The monoisotopic (exact) mass is 348 g/mol. The Balaban J connectivity index is 1.68. The molecule has 0 radical (unpaired) electrons. The number of hydrogen-bond donors (Lipinski definition) is 1. The van der Waals surface area contributed by atoms with Crippen LogP contribution < -0.4 is 0 Å². The SMILES string of the molecule is CCC(=O)N(CCc1ccc2ccccc2c1)CC(O)c1cccnc1. The molecule has 1 N–H and O–H groups in total. The highest BCUT2D eigenvalue weighted by molar-refractivity contribution is 5.83. The number of hydrogen-bond acceptors (Lipinski definition) is 3. The smallest absolute Gasteiger partial charge is 0.222 e. The number of amides is 1. The van der Waals surface area contributed by atoms with Crippen molar-refractivity contribution < 1.29 is 9.90 Å². The van der Waals surface area contributed by atoms with Gasteiger partial charge >= 0.3 is 0 Å². The number of pyridine rings is 1. The second-order valence-corrected chi connectivity index (χ2v) is 6.43. The number of aromatic nitrogens is 1. The van der Waals surface area contributed by atoms with Gasteiger partial charge in [0.05, 0.1) is 12.6 Å². The molecular weight excluding hydrogens is 324 g/mol. The average molecular weight is 348 g/mol. The van der Waals surface area contributed by atoms with Gasteiger partial charge in [-0.25, -0.2) is 0 Å². The van der Waals surface area contributed by atoms with Gasteiger partial charge in [-0.05, 0) is 28.8 Å². The lowest BCUT2D eigenvalue weighted by molar-refractivity contribution is -0.132. The van der Waals surface area contributed by atoms with Gasteiger partial charge in [-0.2, -0.15) is 0 Å². The molecule has 0 saturated heterocycles. The van der Waals surface area contributed by atoms with Crippen LogP contribution in [0.1, 0.15) is 30.6 Å². The summed E-state index contributed by atoms with van der Waals surface area (Å²) < 4.78 is 0. The van der Waals surface area contributed by atoms with E-state index < -0.39 is 6.10 Å². The molecule has 1 aromatic heterocycles. The zero-order chi connectivity index (χ0) is 18.4. The Kier molecular flexibility index (Phi) is 5.97. The number of aliphatic hydroxyl groups is 1. The third-order valence-corrected chi connectivity index (χ3v) is 4.60. The molecule has 4 heteroatoms. The largest absolute Gasteiger partial charge is 0.386 e. The molecule has 3 rings (SSSR count). The highest BCUT2D eigenvalue weighted by atomic mass is 16.3. The van der Waals surface area contributed by atoms with Gasteiger partial charge in [0.25, 0.3) is 0 Å². The maximum absolute atomic E-state index is 12.3. The lowest BCUT2D eigenvalue weighted by Crippen LogP contribution is -2.36. The zero-order valence-electron chi connectivity index (χ0n) is 15.0. The Hall–Kier alpha value is -2.72. The number of fused-ring (bicyclic) bond motifs is 1. The lowest BCUT2D eigenvalue weighted by Gasteiger charge is -2.25. The fourth-order valence-electron chi connectivity index (χ4n) is 3.09. The summed E-state index contributed by atoms with van der Waals surface area (Å²) >= 11 is 0. The van der Waals surface area contributed by atoms with Gasteiger partial charge in [-0.1, -0.05) is 55.5 Å². The van der Waals surface area contributed by atoms with Crippen molar-refractivity contribution in [2.75, 3.05) is 13.1 Å². The van der Waals surface area contributed by atoms with Crippen LogP contribution in [0.3, 0.4) is 0 Å². The maximum Gasteiger partial charge on any atom is 0.222 e. The molecule has 1 atom stereocenters. The van der Waals surface area contributed by atoms with E-state index in [1.807, 2.05) is 25.1 Å². The minimum absolute atomic E-state index is 0.0497. The van der Waals surface area contributed by atoms with Crippen LogP contribution in [-0.4, -0.2) is 34.0 Å². The molecule has 0 fully saturated rings. The number of aliphatic hydroxyl groups excluding tert-OH is 1. The van der Waals surface area contributed by atoms with Crippen LogP contribution in [0.5, 0.6) is 0 Å². The van der Waals surface area contributed by atoms with Gasteiger partial charge in [0.1, 0.15) is 0 Å². The minimum Gasteiger partial charge on any atom is -0.386 e. The summed E-state index contributed by atoms with van der Waals surface area (Å²) in [6.07, 6.45) is 3.78. The van der Waals surface area contributed by atoms with Crippen LogP contribution in [0.15, 0.2) is 67.0 Å². The number of carbonyl (C=O) groups is 1. The predicted octanol–water partition coefficient (Wildman–Crippen LogP) is 3.75. The molecule has 1 unspecified atom stereocenters. The van der Waals surface area contributed by atoms with Crippen LogP contribution in [-0.2, 0) is 11.2 Å². The first-order valence-electron chi connectivity index (χ1n) is 9.01. The maximum atomic E-state index is 12.3. The summed E-state index contributed by atoms with van der Waals surface area (Å²) in [6, 6.07) is 18.3. The van der Waals surface area contributed by atoms with Gasteiger partial charge in [-0.3, -0.25) is 9.78 Å². The number of benzene rings is 2.